The molecule has 0 radical (unpaired) electrons. The lowest BCUT2D eigenvalue weighted by molar-refractivity contribution is -0.121. The second-order valence-corrected chi connectivity index (χ2v) is 9.69. The fourth-order valence-corrected chi connectivity index (χ4v) is 6.28. The molecule has 4 heterocycles. The van der Waals surface area contributed by atoms with Crippen LogP contribution in [0.25, 0.3) is 22.0 Å². The lowest BCUT2D eigenvalue weighted by Crippen LogP contribution is -2.48. The topological polar surface area (TPSA) is 116 Å². The molecular formula is C24H25ClN6O2. The van der Waals surface area contributed by atoms with Gasteiger partial charge in [0, 0.05) is 65.4 Å². The van der Waals surface area contributed by atoms with E-state index in [9.17, 15) is 9.59 Å². The fraction of sp³-hybridized carbons (Fsp3) is 0.375. The van der Waals surface area contributed by atoms with Crippen LogP contribution >= 0.6 is 11.6 Å². The van der Waals surface area contributed by atoms with E-state index in [2.05, 4.69) is 15.6 Å². The highest BCUT2D eigenvalue weighted by atomic mass is 35.5. The zero-order valence-electron chi connectivity index (χ0n) is 18.1. The number of nitrogens with two attached hydrogens (primary N) is 1. The second-order valence-electron chi connectivity index (χ2n) is 9.31. The van der Waals surface area contributed by atoms with E-state index in [0.29, 0.717) is 31.1 Å². The Labute approximate surface area is 195 Å². The molecule has 5 N–H and O–H groups in total. The summed E-state index contributed by atoms with van der Waals surface area (Å²) in [6.45, 7) is 2.44. The number of hydrogen-bond donors (Lipinski definition) is 4. The van der Waals surface area contributed by atoms with Crippen molar-refractivity contribution in [3.8, 4) is 11.1 Å². The minimum atomic E-state index is -0.243. The lowest BCUT2D eigenvalue weighted by Gasteiger charge is -2.27. The summed E-state index contributed by atoms with van der Waals surface area (Å²) < 4.78 is 0. The molecule has 0 bridgehead atoms. The third-order valence-electron chi connectivity index (χ3n) is 7.51. The maximum absolute atomic E-state index is 12.5. The smallest absolute Gasteiger partial charge is 0.241 e. The number of amides is 2. The van der Waals surface area contributed by atoms with Gasteiger partial charge in [0.2, 0.25) is 11.8 Å². The number of halogens is 1. The van der Waals surface area contributed by atoms with Gasteiger partial charge in [-0.05, 0) is 25.3 Å². The van der Waals surface area contributed by atoms with Crippen LogP contribution in [-0.2, 0) is 15.0 Å². The number of hydrogen-bond acceptors (Lipinski definition) is 5. The number of fused-ring (bicyclic) bond motifs is 3. The third-order valence-corrected chi connectivity index (χ3v) is 7.91. The molecule has 8 nitrogen and oxygen atoms in total. The zero-order valence-corrected chi connectivity index (χ0v) is 18.8. The highest BCUT2D eigenvalue weighted by molar-refractivity contribution is 6.35. The SMILES string of the molecule is NC(=O)[C@H]1CC[C@]2(CNc3ncc(-c4c[nH]c5c(N6CCNCC6=O)cccc45)c(Cl)c32)C1. The molecule has 2 aromatic heterocycles. The maximum Gasteiger partial charge on any atom is 0.241 e. The summed E-state index contributed by atoms with van der Waals surface area (Å²) in [6, 6.07) is 5.97. The number of carbonyl (C=O) groups is 2. The Morgan fingerprint density at radius 2 is 2.18 bits per heavy atom. The Morgan fingerprint density at radius 1 is 1.30 bits per heavy atom. The Morgan fingerprint density at radius 3 is 2.97 bits per heavy atom. The molecule has 33 heavy (non-hydrogen) atoms. The van der Waals surface area contributed by atoms with E-state index in [0.717, 1.165) is 58.5 Å². The molecule has 9 heteroatoms. The number of benzene rings is 1. The molecule has 1 saturated heterocycles. The van der Waals surface area contributed by atoms with Crippen LogP contribution in [0.4, 0.5) is 11.5 Å². The Bertz CT molecular complexity index is 1300. The molecule has 2 fully saturated rings. The minimum absolute atomic E-state index is 0.0559. The number of para-hydroxylation sites is 1. The van der Waals surface area contributed by atoms with Crippen molar-refractivity contribution in [3.63, 3.8) is 0 Å². The molecule has 3 aliphatic rings. The van der Waals surface area contributed by atoms with Gasteiger partial charge in [-0.15, -0.1) is 0 Å². The predicted molar refractivity (Wildman–Crippen MR) is 128 cm³/mol. The van der Waals surface area contributed by atoms with E-state index in [-0.39, 0.29) is 23.1 Å². The summed E-state index contributed by atoms with van der Waals surface area (Å²) in [5.74, 6) is 0.470. The van der Waals surface area contributed by atoms with E-state index in [1.54, 1.807) is 6.20 Å². The zero-order chi connectivity index (χ0) is 22.7. The molecule has 2 aliphatic heterocycles. The summed E-state index contributed by atoms with van der Waals surface area (Å²) in [7, 11) is 0. The van der Waals surface area contributed by atoms with Crippen molar-refractivity contribution in [3.05, 3.63) is 41.2 Å². The normalized spacial score (nSPS) is 24.5. The van der Waals surface area contributed by atoms with E-state index < -0.39 is 0 Å². The van der Waals surface area contributed by atoms with Gasteiger partial charge in [0.25, 0.3) is 0 Å². The number of pyridine rings is 1. The molecule has 1 aromatic carbocycles. The third kappa shape index (κ3) is 3.04. The highest BCUT2D eigenvalue weighted by Crippen LogP contribution is 2.53. The van der Waals surface area contributed by atoms with Crippen LogP contribution in [-0.4, -0.2) is 48.0 Å². The van der Waals surface area contributed by atoms with Gasteiger partial charge in [-0.1, -0.05) is 23.7 Å². The first kappa shape index (κ1) is 20.5. The first-order valence-corrected chi connectivity index (χ1v) is 11.7. The standard InChI is InChI=1S/C24H25ClN6O2/c25-20-16(10-29-23-19(20)24(12-30-23)5-4-13(8-24)22(26)33)15-9-28-21-14(15)2-1-3-17(21)31-7-6-27-11-18(31)32/h1-3,9-10,13,27-28H,4-8,11-12H2,(H2,26,33)(H,29,30)/t13-,24+/m0/s1. The van der Waals surface area contributed by atoms with Gasteiger partial charge >= 0.3 is 0 Å². The van der Waals surface area contributed by atoms with Gasteiger partial charge in [-0.2, -0.15) is 0 Å². The summed E-state index contributed by atoms with van der Waals surface area (Å²) in [5.41, 5.74) is 9.95. The number of H-pyrrole nitrogens is 1. The maximum atomic E-state index is 12.5. The molecule has 1 saturated carbocycles. The molecule has 3 aromatic rings. The van der Waals surface area contributed by atoms with Crippen molar-refractivity contribution in [2.24, 2.45) is 11.7 Å². The summed E-state index contributed by atoms with van der Waals surface area (Å²) in [4.78, 5) is 34.2. The first-order chi connectivity index (χ1) is 16.0. The minimum Gasteiger partial charge on any atom is -0.369 e. The lowest BCUT2D eigenvalue weighted by atomic mass is 9.80. The largest absolute Gasteiger partial charge is 0.369 e. The number of piperazine rings is 1. The van der Waals surface area contributed by atoms with E-state index in [4.69, 9.17) is 22.3 Å². The number of primary amides is 1. The molecule has 170 valence electrons. The number of carbonyl (C=O) groups excluding carboxylic acids is 2. The number of nitrogens with zero attached hydrogens (tertiary/aromatic N) is 2. The summed E-state index contributed by atoms with van der Waals surface area (Å²) in [6.07, 6.45) is 6.06. The number of anilines is 2. The average molecular weight is 465 g/mol. The Hall–Kier alpha value is -3.10. The first-order valence-electron chi connectivity index (χ1n) is 11.3. The molecule has 6 rings (SSSR count). The van der Waals surface area contributed by atoms with Gasteiger partial charge in [0.1, 0.15) is 5.82 Å². The molecule has 1 spiro atoms. The van der Waals surface area contributed by atoms with E-state index in [1.165, 1.54) is 0 Å². The second kappa shape index (κ2) is 7.46. The predicted octanol–water partition coefficient (Wildman–Crippen LogP) is 2.77. The van der Waals surface area contributed by atoms with Crippen LogP contribution in [0.5, 0.6) is 0 Å². The number of aromatic amines is 1. The van der Waals surface area contributed by atoms with Gasteiger partial charge in [0.05, 0.1) is 22.8 Å². The van der Waals surface area contributed by atoms with Crippen LogP contribution in [0.15, 0.2) is 30.6 Å². The number of nitrogens with one attached hydrogen (secondary N) is 3. The van der Waals surface area contributed by atoms with Crippen molar-refractivity contribution in [2.75, 3.05) is 36.4 Å². The van der Waals surface area contributed by atoms with Crippen molar-refractivity contribution in [2.45, 2.75) is 24.7 Å². The molecule has 1 aliphatic carbocycles. The van der Waals surface area contributed by atoms with Crippen LogP contribution in [0, 0.1) is 5.92 Å². The highest BCUT2D eigenvalue weighted by Gasteiger charge is 2.48. The molecule has 2 atom stereocenters. The number of rotatable bonds is 3. The van der Waals surface area contributed by atoms with Crippen LogP contribution < -0.4 is 21.3 Å². The van der Waals surface area contributed by atoms with Gasteiger partial charge in [-0.25, -0.2) is 4.98 Å². The summed E-state index contributed by atoms with van der Waals surface area (Å²) in [5, 5.41) is 8.17. The monoisotopic (exact) mass is 464 g/mol. The number of aromatic nitrogens is 2. The van der Waals surface area contributed by atoms with Crippen molar-refractivity contribution < 1.29 is 9.59 Å². The Balaban J connectivity index is 1.45. The molecule has 2 amide bonds. The molecule has 0 unspecified atom stereocenters. The van der Waals surface area contributed by atoms with Crippen molar-refractivity contribution in [1.82, 2.24) is 15.3 Å². The average Bonchev–Trinajstić information content (AvgIpc) is 3.53. The van der Waals surface area contributed by atoms with Crippen molar-refractivity contribution >= 4 is 45.8 Å². The van der Waals surface area contributed by atoms with E-state index >= 15 is 0 Å². The Kier molecular flexibility index (Phi) is 4.64. The van der Waals surface area contributed by atoms with Crippen LogP contribution in [0.3, 0.4) is 0 Å². The van der Waals surface area contributed by atoms with Gasteiger partial charge in [-0.3, -0.25) is 9.59 Å². The van der Waals surface area contributed by atoms with Gasteiger partial charge < -0.3 is 26.3 Å². The molecular weight excluding hydrogens is 440 g/mol. The van der Waals surface area contributed by atoms with Gasteiger partial charge in [0.15, 0.2) is 0 Å². The quantitative estimate of drug-likeness (QED) is 0.475. The van der Waals surface area contributed by atoms with E-state index in [1.807, 2.05) is 29.3 Å². The van der Waals surface area contributed by atoms with Crippen LogP contribution in [0.2, 0.25) is 5.02 Å². The summed E-state index contributed by atoms with van der Waals surface area (Å²) >= 11 is 7.07. The van der Waals surface area contributed by atoms with Crippen LogP contribution in [0.1, 0.15) is 24.8 Å². The van der Waals surface area contributed by atoms with Crippen molar-refractivity contribution in [1.29, 1.82) is 0 Å². The fourth-order valence-electron chi connectivity index (χ4n) is 5.84.